The van der Waals surface area contributed by atoms with Gasteiger partial charge in [0.15, 0.2) is 0 Å². The summed E-state index contributed by atoms with van der Waals surface area (Å²) in [4.78, 5) is 0. The highest BCUT2D eigenvalue weighted by molar-refractivity contribution is 4.84. The van der Waals surface area contributed by atoms with Crippen LogP contribution in [-0.4, -0.2) is 25.3 Å². The number of methoxy groups -OCH3 is 1. The fourth-order valence-corrected chi connectivity index (χ4v) is 2.07. The van der Waals surface area contributed by atoms with Gasteiger partial charge in [0.2, 0.25) is 0 Å². The lowest BCUT2D eigenvalue weighted by atomic mass is 9.75. The van der Waals surface area contributed by atoms with Crippen LogP contribution in [0.4, 0.5) is 0 Å². The molecule has 0 bridgehead atoms. The van der Waals surface area contributed by atoms with E-state index in [9.17, 15) is 0 Å². The Morgan fingerprint density at radius 1 is 1.27 bits per heavy atom. The van der Waals surface area contributed by atoms with Crippen LogP contribution in [0, 0.1) is 5.41 Å². The van der Waals surface area contributed by atoms with Gasteiger partial charge in [-0.1, -0.05) is 13.8 Å². The minimum atomic E-state index is -0.0348. The van der Waals surface area contributed by atoms with E-state index in [-0.39, 0.29) is 5.60 Å². The molecule has 1 rings (SSSR count). The quantitative estimate of drug-likeness (QED) is 0.775. The van der Waals surface area contributed by atoms with Crippen molar-refractivity contribution < 1.29 is 4.74 Å². The van der Waals surface area contributed by atoms with Crippen LogP contribution in [0.5, 0.6) is 0 Å². The number of ether oxygens (including phenoxy) is 1. The monoisotopic (exact) mass is 213 g/mol. The molecule has 0 unspecified atom stereocenters. The van der Waals surface area contributed by atoms with Crippen molar-refractivity contribution >= 4 is 0 Å². The van der Waals surface area contributed by atoms with Crippen LogP contribution in [-0.2, 0) is 4.74 Å². The molecule has 1 N–H and O–H groups in total. The van der Waals surface area contributed by atoms with Crippen molar-refractivity contribution in [3.05, 3.63) is 0 Å². The topological polar surface area (TPSA) is 21.3 Å². The molecule has 1 aliphatic rings. The second-order valence-corrected chi connectivity index (χ2v) is 6.28. The van der Waals surface area contributed by atoms with Gasteiger partial charge in [0, 0.05) is 19.7 Å². The molecule has 0 aromatic rings. The first-order valence-electron chi connectivity index (χ1n) is 6.13. The van der Waals surface area contributed by atoms with Gasteiger partial charge in [-0.2, -0.15) is 0 Å². The van der Waals surface area contributed by atoms with Crippen LogP contribution < -0.4 is 5.32 Å². The Bertz CT molecular complexity index is 189. The van der Waals surface area contributed by atoms with Gasteiger partial charge in [-0.25, -0.2) is 0 Å². The molecule has 0 aromatic carbocycles. The zero-order chi connectivity index (χ0) is 11.5. The van der Waals surface area contributed by atoms with Gasteiger partial charge in [0.1, 0.15) is 0 Å². The molecule has 90 valence electrons. The predicted octanol–water partition coefficient (Wildman–Crippen LogP) is 2.97. The first kappa shape index (κ1) is 13.0. The predicted molar refractivity (Wildman–Crippen MR) is 65.1 cm³/mol. The average molecular weight is 213 g/mol. The van der Waals surface area contributed by atoms with Crippen molar-refractivity contribution in [1.29, 1.82) is 0 Å². The Hall–Kier alpha value is -0.0800. The van der Waals surface area contributed by atoms with Crippen LogP contribution in [0.2, 0.25) is 0 Å². The number of hydrogen-bond donors (Lipinski definition) is 1. The third-order valence-corrected chi connectivity index (χ3v) is 3.71. The smallest absolute Gasteiger partial charge is 0.0746 e. The van der Waals surface area contributed by atoms with E-state index in [0.29, 0.717) is 11.5 Å². The highest BCUT2D eigenvalue weighted by Gasteiger charge is 2.27. The summed E-state index contributed by atoms with van der Waals surface area (Å²) in [5.74, 6) is 0. The van der Waals surface area contributed by atoms with Crippen molar-refractivity contribution in [2.24, 2.45) is 5.41 Å². The Labute approximate surface area is 94.8 Å². The highest BCUT2D eigenvalue weighted by atomic mass is 16.5. The summed E-state index contributed by atoms with van der Waals surface area (Å²) >= 11 is 0. The van der Waals surface area contributed by atoms with E-state index >= 15 is 0 Å². The van der Waals surface area contributed by atoms with Crippen LogP contribution >= 0.6 is 0 Å². The summed E-state index contributed by atoms with van der Waals surface area (Å²) in [6.07, 6.45) is 5.32. The molecule has 0 spiro atoms. The van der Waals surface area contributed by atoms with Crippen molar-refractivity contribution in [1.82, 2.24) is 5.32 Å². The van der Waals surface area contributed by atoms with Gasteiger partial charge < -0.3 is 10.1 Å². The maximum Gasteiger partial charge on any atom is 0.0746 e. The third kappa shape index (κ3) is 4.52. The lowest BCUT2D eigenvalue weighted by Gasteiger charge is -2.36. The molecule has 0 aromatic heterocycles. The molecule has 2 nitrogen and oxygen atoms in total. The third-order valence-electron chi connectivity index (χ3n) is 3.71. The normalized spacial score (nSPS) is 23.0. The van der Waals surface area contributed by atoms with Crippen molar-refractivity contribution in [3.63, 3.8) is 0 Å². The zero-order valence-electron chi connectivity index (χ0n) is 11.0. The second kappa shape index (κ2) is 4.84. The Morgan fingerprint density at radius 3 is 2.27 bits per heavy atom. The molecule has 0 heterocycles. The van der Waals surface area contributed by atoms with Gasteiger partial charge in [-0.05, 0) is 44.9 Å². The number of rotatable bonds is 4. The summed E-state index contributed by atoms with van der Waals surface area (Å²) < 4.78 is 5.41. The summed E-state index contributed by atoms with van der Waals surface area (Å²) in [7, 11) is 1.78. The summed E-state index contributed by atoms with van der Waals surface area (Å²) in [6.45, 7) is 9.97. The molecule has 0 atom stereocenters. The van der Waals surface area contributed by atoms with Gasteiger partial charge >= 0.3 is 0 Å². The van der Waals surface area contributed by atoms with E-state index in [4.69, 9.17) is 4.74 Å². The summed E-state index contributed by atoms with van der Waals surface area (Å²) in [6, 6.07) is 0.701. The number of nitrogens with one attached hydrogen (secondary N) is 1. The van der Waals surface area contributed by atoms with E-state index in [1.54, 1.807) is 7.11 Å². The SMILES string of the molecule is COC(C)(C)CNC1CCC(C)(C)CC1. The Balaban J connectivity index is 2.25. The van der Waals surface area contributed by atoms with Crippen molar-refractivity contribution in [3.8, 4) is 0 Å². The molecule has 1 aliphatic carbocycles. The number of hydrogen-bond acceptors (Lipinski definition) is 2. The molecule has 1 saturated carbocycles. The van der Waals surface area contributed by atoms with Gasteiger partial charge in [-0.15, -0.1) is 0 Å². The van der Waals surface area contributed by atoms with Crippen molar-refractivity contribution in [2.75, 3.05) is 13.7 Å². The molecule has 0 radical (unpaired) electrons. The van der Waals surface area contributed by atoms with Crippen LogP contribution in [0.25, 0.3) is 0 Å². The Morgan fingerprint density at radius 2 is 1.80 bits per heavy atom. The molecule has 1 fully saturated rings. The van der Waals surface area contributed by atoms with Crippen LogP contribution in [0.3, 0.4) is 0 Å². The minimum Gasteiger partial charge on any atom is -0.377 e. The standard InChI is InChI=1S/C13H27NO/c1-12(2)8-6-11(7-9-12)14-10-13(3,4)15-5/h11,14H,6-10H2,1-5H3. The maximum absolute atomic E-state index is 5.41. The maximum atomic E-state index is 5.41. The molecular formula is C13H27NO. The van der Waals surface area contributed by atoms with E-state index in [0.717, 1.165) is 6.54 Å². The zero-order valence-corrected chi connectivity index (χ0v) is 11.0. The summed E-state index contributed by atoms with van der Waals surface area (Å²) in [5, 5.41) is 3.63. The Kier molecular flexibility index (Phi) is 4.19. The fraction of sp³-hybridized carbons (Fsp3) is 1.00. The van der Waals surface area contributed by atoms with E-state index < -0.39 is 0 Å². The molecular weight excluding hydrogens is 186 g/mol. The van der Waals surface area contributed by atoms with Gasteiger partial charge in [0.25, 0.3) is 0 Å². The molecule has 0 amide bonds. The van der Waals surface area contributed by atoms with E-state index in [1.165, 1.54) is 25.7 Å². The second-order valence-electron chi connectivity index (χ2n) is 6.28. The minimum absolute atomic E-state index is 0.0348. The molecule has 2 heteroatoms. The fourth-order valence-electron chi connectivity index (χ4n) is 2.07. The molecule has 15 heavy (non-hydrogen) atoms. The van der Waals surface area contributed by atoms with Crippen molar-refractivity contribution in [2.45, 2.75) is 65.0 Å². The molecule has 0 saturated heterocycles. The van der Waals surface area contributed by atoms with E-state index in [2.05, 4.69) is 33.0 Å². The van der Waals surface area contributed by atoms with E-state index in [1.807, 2.05) is 0 Å². The van der Waals surface area contributed by atoms with Gasteiger partial charge in [-0.3, -0.25) is 0 Å². The highest BCUT2D eigenvalue weighted by Crippen LogP contribution is 2.35. The first-order valence-corrected chi connectivity index (χ1v) is 6.13. The lowest BCUT2D eigenvalue weighted by Crippen LogP contribution is -2.44. The average Bonchev–Trinajstić information content (AvgIpc) is 2.16. The van der Waals surface area contributed by atoms with Crippen LogP contribution in [0.1, 0.15) is 53.4 Å². The van der Waals surface area contributed by atoms with Crippen LogP contribution in [0.15, 0.2) is 0 Å². The first-order chi connectivity index (χ1) is 6.85. The molecule has 0 aliphatic heterocycles. The van der Waals surface area contributed by atoms with Gasteiger partial charge in [0.05, 0.1) is 5.60 Å². The summed E-state index contributed by atoms with van der Waals surface area (Å²) in [5.41, 5.74) is 0.530. The lowest BCUT2D eigenvalue weighted by molar-refractivity contribution is 0.0188. The largest absolute Gasteiger partial charge is 0.377 e.